The van der Waals surface area contributed by atoms with Crippen molar-refractivity contribution in [2.45, 2.75) is 57.1 Å². The molecular formula is C15H30N2OS. The van der Waals surface area contributed by atoms with E-state index in [0.29, 0.717) is 17.2 Å². The van der Waals surface area contributed by atoms with Crippen LogP contribution in [-0.2, 0) is 4.79 Å². The van der Waals surface area contributed by atoms with Crippen LogP contribution in [0.3, 0.4) is 0 Å². The van der Waals surface area contributed by atoms with Crippen LogP contribution in [0.2, 0.25) is 0 Å². The maximum Gasteiger partial charge on any atom is 0.233 e. The van der Waals surface area contributed by atoms with Gasteiger partial charge in [0, 0.05) is 17.8 Å². The molecule has 1 aliphatic rings. The summed E-state index contributed by atoms with van der Waals surface area (Å²) in [5, 5.41) is 6.33. The molecule has 0 heterocycles. The third kappa shape index (κ3) is 6.66. The van der Waals surface area contributed by atoms with Crippen LogP contribution < -0.4 is 10.6 Å². The van der Waals surface area contributed by atoms with Gasteiger partial charge >= 0.3 is 0 Å². The van der Waals surface area contributed by atoms with Crippen LogP contribution in [0.15, 0.2) is 0 Å². The predicted octanol–water partition coefficient (Wildman–Crippen LogP) is 2.80. The van der Waals surface area contributed by atoms with E-state index >= 15 is 0 Å². The highest BCUT2D eigenvalue weighted by Crippen LogP contribution is 2.37. The van der Waals surface area contributed by atoms with E-state index in [-0.39, 0.29) is 5.91 Å². The summed E-state index contributed by atoms with van der Waals surface area (Å²) in [6, 6.07) is 0. The predicted molar refractivity (Wildman–Crippen MR) is 84.7 cm³/mol. The number of amides is 1. The van der Waals surface area contributed by atoms with Gasteiger partial charge in [0.1, 0.15) is 0 Å². The quantitative estimate of drug-likeness (QED) is 0.721. The number of rotatable bonds is 8. The maximum absolute atomic E-state index is 11.7. The number of nitrogens with one attached hydrogen (secondary N) is 2. The molecule has 4 heteroatoms. The van der Waals surface area contributed by atoms with Crippen molar-refractivity contribution in [2.75, 3.05) is 25.9 Å². The van der Waals surface area contributed by atoms with Crippen LogP contribution in [0.5, 0.6) is 0 Å². The normalized spacial score (nSPS) is 18.5. The minimum atomic E-state index is 0.132. The Morgan fingerprint density at radius 3 is 2.53 bits per heavy atom. The fourth-order valence-electron chi connectivity index (χ4n) is 2.62. The highest BCUT2D eigenvalue weighted by atomic mass is 32.2. The van der Waals surface area contributed by atoms with Crippen LogP contribution in [-0.4, -0.2) is 36.5 Å². The zero-order chi connectivity index (χ0) is 14.1. The van der Waals surface area contributed by atoms with E-state index in [2.05, 4.69) is 30.7 Å². The molecular weight excluding hydrogens is 256 g/mol. The number of hydrogen-bond acceptors (Lipinski definition) is 3. The summed E-state index contributed by atoms with van der Waals surface area (Å²) in [5.41, 5.74) is 0. The fraction of sp³-hybridized carbons (Fsp3) is 0.933. The fourth-order valence-corrected chi connectivity index (χ4v) is 3.56. The Hall–Kier alpha value is -0.220. The van der Waals surface area contributed by atoms with Crippen molar-refractivity contribution in [1.82, 2.24) is 10.6 Å². The maximum atomic E-state index is 11.7. The van der Waals surface area contributed by atoms with Gasteiger partial charge in [0.2, 0.25) is 5.91 Å². The summed E-state index contributed by atoms with van der Waals surface area (Å²) in [4.78, 5) is 11.7. The molecule has 1 amide bonds. The van der Waals surface area contributed by atoms with E-state index in [1.54, 1.807) is 0 Å². The first-order chi connectivity index (χ1) is 9.08. The molecule has 0 aromatic carbocycles. The van der Waals surface area contributed by atoms with Gasteiger partial charge in [-0.1, -0.05) is 33.1 Å². The van der Waals surface area contributed by atoms with E-state index < -0.39 is 0 Å². The summed E-state index contributed by atoms with van der Waals surface area (Å²) in [7, 11) is 0. The Labute approximate surface area is 122 Å². The van der Waals surface area contributed by atoms with Gasteiger partial charge in [-0.15, -0.1) is 0 Å². The van der Waals surface area contributed by atoms with Crippen LogP contribution in [0, 0.1) is 5.92 Å². The molecule has 0 aromatic rings. The lowest BCUT2D eigenvalue weighted by molar-refractivity contribution is -0.120. The number of thioether (sulfide) groups is 1. The van der Waals surface area contributed by atoms with Crippen molar-refractivity contribution in [2.24, 2.45) is 5.92 Å². The van der Waals surface area contributed by atoms with Gasteiger partial charge in [-0.2, -0.15) is 11.8 Å². The number of hydrogen-bond donors (Lipinski definition) is 2. The Kier molecular flexibility index (Phi) is 7.84. The van der Waals surface area contributed by atoms with Crippen LogP contribution >= 0.6 is 11.8 Å². The molecule has 2 N–H and O–H groups in total. The summed E-state index contributed by atoms with van der Waals surface area (Å²) in [5.74, 6) is 0.781. The van der Waals surface area contributed by atoms with Crippen LogP contribution in [0.4, 0.5) is 0 Å². The zero-order valence-corrected chi connectivity index (χ0v) is 13.6. The highest BCUT2D eigenvalue weighted by molar-refractivity contribution is 8.00. The largest absolute Gasteiger partial charge is 0.355 e. The number of carbonyl (C=O) groups is 1. The molecule has 0 atom stereocenters. The summed E-state index contributed by atoms with van der Waals surface area (Å²) < 4.78 is 0.371. The van der Waals surface area contributed by atoms with Crippen molar-refractivity contribution in [3.05, 3.63) is 0 Å². The summed E-state index contributed by atoms with van der Waals surface area (Å²) in [6.45, 7) is 6.57. The Bertz CT molecular complexity index is 263. The second-order valence-corrected chi connectivity index (χ2v) is 7.36. The molecule has 1 saturated carbocycles. The third-order valence-electron chi connectivity index (χ3n) is 3.97. The molecule has 0 aliphatic heterocycles. The third-order valence-corrected chi connectivity index (χ3v) is 5.39. The molecule has 0 spiro atoms. The minimum Gasteiger partial charge on any atom is -0.355 e. The minimum absolute atomic E-state index is 0.132. The van der Waals surface area contributed by atoms with Gasteiger partial charge in [-0.25, -0.2) is 0 Å². The molecule has 0 unspecified atom stereocenters. The Morgan fingerprint density at radius 2 is 1.95 bits per heavy atom. The molecule has 112 valence electrons. The van der Waals surface area contributed by atoms with E-state index in [9.17, 15) is 4.79 Å². The van der Waals surface area contributed by atoms with Crippen LogP contribution in [0.25, 0.3) is 0 Å². The van der Waals surface area contributed by atoms with Crippen LogP contribution in [0.1, 0.15) is 52.4 Å². The van der Waals surface area contributed by atoms with Crippen molar-refractivity contribution in [1.29, 1.82) is 0 Å². The Balaban J connectivity index is 2.15. The lowest BCUT2D eigenvalue weighted by Gasteiger charge is -2.36. The van der Waals surface area contributed by atoms with E-state index in [4.69, 9.17) is 0 Å². The summed E-state index contributed by atoms with van der Waals surface area (Å²) in [6.07, 6.45) is 9.88. The molecule has 3 nitrogen and oxygen atoms in total. The van der Waals surface area contributed by atoms with E-state index in [1.807, 2.05) is 11.8 Å². The molecule has 0 saturated heterocycles. The molecule has 0 aromatic heterocycles. The van der Waals surface area contributed by atoms with Gasteiger partial charge in [-0.3, -0.25) is 4.79 Å². The SMILES string of the molecule is CSC1(CNCC(=O)NCCC(C)C)CCCCC1. The first kappa shape index (κ1) is 16.8. The van der Waals surface area contributed by atoms with Gasteiger partial charge in [0.15, 0.2) is 0 Å². The van der Waals surface area contributed by atoms with Gasteiger partial charge < -0.3 is 10.6 Å². The molecule has 19 heavy (non-hydrogen) atoms. The van der Waals surface area contributed by atoms with E-state index in [1.165, 1.54) is 32.1 Å². The molecule has 1 aliphatic carbocycles. The van der Waals surface area contributed by atoms with Crippen molar-refractivity contribution >= 4 is 17.7 Å². The van der Waals surface area contributed by atoms with Gasteiger partial charge in [0.25, 0.3) is 0 Å². The van der Waals surface area contributed by atoms with Gasteiger partial charge in [-0.05, 0) is 31.4 Å². The molecule has 1 rings (SSSR count). The average molecular weight is 286 g/mol. The first-order valence-electron chi connectivity index (χ1n) is 7.60. The monoisotopic (exact) mass is 286 g/mol. The lowest BCUT2D eigenvalue weighted by Crippen LogP contribution is -2.43. The number of carbonyl (C=O) groups excluding carboxylic acids is 1. The smallest absolute Gasteiger partial charge is 0.233 e. The molecule has 0 radical (unpaired) electrons. The first-order valence-corrected chi connectivity index (χ1v) is 8.83. The van der Waals surface area contributed by atoms with Gasteiger partial charge in [0.05, 0.1) is 6.54 Å². The highest BCUT2D eigenvalue weighted by Gasteiger charge is 2.30. The topological polar surface area (TPSA) is 41.1 Å². The standard InChI is InChI=1S/C15H30N2OS/c1-13(2)7-10-17-14(18)11-16-12-15(19-3)8-5-4-6-9-15/h13,16H,4-12H2,1-3H3,(H,17,18). The summed E-state index contributed by atoms with van der Waals surface area (Å²) >= 11 is 1.97. The second kappa shape index (κ2) is 8.85. The van der Waals surface area contributed by atoms with Crippen molar-refractivity contribution in [3.8, 4) is 0 Å². The Morgan fingerprint density at radius 1 is 1.26 bits per heavy atom. The molecule has 1 fully saturated rings. The van der Waals surface area contributed by atoms with Crippen molar-refractivity contribution in [3.63, 3.8) is 0 Å². The van der Waals surface area contributed by atoms with Crippen molar-refractivity contribution < 1.29 is 4.79 Å². The lowest BCUT2D eigenvalue weighted by atomic mass is 9.88. The average Bonchev–Trinajstić information content (AvgIpc) is 2.39. The zero-order valence-electron chi connectivity index (χ0n) is 12.8. The molecule has 0 bridgehead atoms. The second-order valence-electron chi connectivity index (χ2n) is 6.08. The van der Waals surface area contributed by atoms with E-state index in [0.717, 1.165) is 19.5 Å².